The molecule has 2 rings (SSSR count). The van der Waals surface area contributed by atoms with Crippen molar-refractivity contribution in [3.05, 3.63) is 35.6 Å². The quantitative estimate of drug-likeness (QED) is 0.666. The van der Waals surface area contributed by atoms with E-state index in [1.807, 2.05) is 0 Å². The van der Waals surface area contributed by atoms with Crippen molar-refractivity contribution in [2.24, 2.45) is 0 Å². The molecular weight excluding hydrogens is 337 g/mol. The highest BCUT2D eigenvalue weighted by Crippen LogP contribution is 2.13. The summed E-state index contributed by atoms with van der Waals surface area (Å²) in [6.45, 7) is 0.992. The zero-order valence-corrected chi connectivity index (χ0v) is 14.2. The van der Waals surface area contributed by atoms with Crippen LogP contribution in [0.1, 0.15) is 5.56 Å². The predicted molar refractivity (Wildman–Crippen MR) is 85.9 cm³/mol. The number of benzene rings is 1. The lowest BCUT2D eigenvalue weighted by Crippen LogP contribution is -2.51. The number of rotatable bonds is 6. The second-order valence-electron chi connectivity index (χ2n) is 5.64. The summed E-state index contributed by atoms with van der Waals surface area (Å²) < 4.78 is 38.6. The van der Waals surface area contributed by atoms with Crippen LogP contribution in [0.3, 0.4) is 0 Å². The van der Waals surface area contributed by atoms with E-state index in [1.165, 1.54) is 23.1 Å². The Bertz CT molecular complexity index is 702. The molecular formula is C15H20FN3O4S. The summed E-state index contributed by atoms with van der Waals surface area (Å²) in [6, 6.07) is 5.86. The zero-order chi connectivity index (χ0) is 17.7. The number of carbonyl (C=O) groups is 2. The van der Waals surface area contributed by atoms with Crippen molar-refractivity contribution in [3.8, 4) is 0 Å². The lowest BCUT2D eigenvalue weighted by Gasteiger charge is -2.33. The number of amides is 2. The van der Waals surface area contributed by atoms with Crippen LogP contribution in [0.25, 0.3) is 0 Å². The van der Waals surface area contributed by atoms with Gasteiger partial charge in [-0.15, -0.1) is 0 Å². The van der Waals surface area contributed by atoms with Gasteiger partial charge in [0, 0.05) is 38.3 Å². The van der Waals surface area contributed by atoms with E-state index in [0.717, 1.165) is 17.0 Å². The lowest BCUT2D eigenvalue weighted by atomic mass is 10.2. The van der Waals surface area contributed by atoms with E-state index in [4.69, 9.17) is 0 Å². The molecule has 0 unspecified atom stereocenters. The second kappa shape index (κ2) is 7.71. The molecule has 1 aromatic carbocycles. The van der Waals surface area contributed by atoms with Gasteiger partial charge in [0.2, 0.25) is 22.3 Å². The minimum absolute atomic E-state index is 0.203. The number of piperazine rings is 1. The van der Waals surface area contributed by atoms with Crippen molar-refractivity contribution in [1.29, 1.82) is 0 Å². The van der Waals surface area contributed by atoms with Gasteiger partial charge in [0.15, 0.2) is 0 Å². The monoisotopic (exact) mass is 357 g/mol. The molecule has 0 spiro atoms. The van der Waals surface area contributed by atoms with Crippen LogP contribution in [-0.4, -0.2) is 73.8 Å². The van der Waals surface area contributed by atoms with Gasteiger partial charge in [-0.2, -0.15) is 4.31 Å². The summed E-state index contributed by atoms with van der Waals surface area (Å²) in [5.41, 5.74) is 0.210. The molecule has 0 aromatic heterocycles. The van der Waals surface area contributed by atoms with Gasteiger partial charge >= 0.3 is 0 Å². The maximum atomic E-state index is 13.8. The molecule has 1 aliphatic rings. The van der Waals surface area contributed by atoms with Crippen molar-refractivity contribution in [3.63, 3.8) is 0 Å². The highest BCUT2D eigenvalue weighted by molar-refractivity contribution is 7.88. The second-order valence-corrected chi connectivity index (χ2v) is 7.63. The third kappa shape index (κ3) is 4.75. The number of sulfonamides is 1. The maximum absolute atomic E-state index is 13.8. The van der Waals surface area contributed by atoms with Gasteiger partial charge in [-0.25, -0.2) is 12.8 Å². The highest BCUT2D eigenvalue weighted by Gasteiger charge is 2.26. The minimum Gasteiger partial charge on any atom is -0.342 e. The topological polar surface area (TPSA) is 78.0 Å². The van der Waals surface area contributed by atoms with Gasteiger partial charge in [0.05, 0.1) is 12.8 Å². The van der Waals surface area contributed by atoms with E-state index in [0.29, 0.717) is 26.2 Å². The molecule has 0 N–H and O–H groups in total. The number of nitrogens with zero attached hydrogens (tertiary/aromatic N) is 3. The first kappa shape index (κ1) is 18.3. The Balaban J connectivity index is 2.06. The molecule has 1 heterocycles. The van der Waals surface area contributed by atoms with Gasteiger partial charge in [-0.3, -0.25) is 9.59 Å². The smallest absolute Gasteiger partial charge is 0.238 e. The summed E-state index contributed by atoms with van der Waals surface area (Å²) >= 11 is 0. The van der Waals surface area contributed by atoms with Gasteiger partial charge in [0.1, 0.15) is 5.82 Å². The minimum atomic E-state index is -3.68. The zero-order valence-electron chi connectivity index (χ0n) is 13.4. The average molecular weight is 357 g/mol. The standard InChI is InChI=1S/C15H20FN3O4S/c1-24(22,23)19(10-13-4-2-3-5-14(13)16)11-15(21)18-8-6-17(12-20)7-9-18/h2-5,12H,6-11H2,1H3. The lowest BCUT2D eigenvalue weighted by molar-refractivity contribution is -0.135. The summed E-state index contributed by atoms with van der Waals surface area (Å²) in [4.78, 5) is 26.1. The fraction of sp³-hybridized carbons (Fsp3) is 0.467. The Morgan fingerprint density at radius 1 is 1.25 bits per heavy atom. The molecule has 7 nitrogen and oxygen atoms in total. The number of halogens is 1. The molecule has 0 atom stereocenters. The van der Waals surface area contributed by atoms with Crippen LogP contribution >= 0.6 is 0 Å². The van der Waals surface area contributed by atoms with Crippen LogP contribution in [-0.2, 0) is 26.2 Å². The van der Waals surface area contributed by atoms with Gasteiger partial charge < -0.3 is 9.80 Å². The SMILES string of the molecule is CS(=O)(=O)N(CC(=O)N1CCN(C=O)CC1)Cc1ccccc1F. The molecule has 1 fully saturated rings. The van der Waals surface area contributed by atoms with Crippen LogP contribution in [0.2, 0.25) is 0 Å². The normalized spacial score (nSPS) is 15.6. The highest BCUT2D eigenvalue weighted by atomic mass is 32.2. The number of hydrogen-bond acceptors (Lipinski definition) is 4. The first-order valence-corrected chi connectivity index (χ1v) is 9.31. The average Bonchev–Trinajstić information content (AvgIpc) is 2.55. The van der Waals surface area contributed by atoms with Gasteiger partial charge in [-0.1, -0.05) is 18.2 Å². The summed E-state index contributed by atoms with van der Waals surface area (Å²) in [7, 11) is -3.68. The van der Waals surface area contributed by atoms with Crippen LogP contribution in [0, 0.1) is 5.82 Å². The van der Waals surface area contributed by atoms with E-state index in [2.05, 4.69) is 0 Å². The molecule has 1 aromatic rings. The van der Waals surface area contributed by atoms with Crippen LogP contribution in [0.4, 0.5) is 4.39 Å². The Labute approximate surface area is 140 Å². The van der Waals surface area contributed by atoms with Gasteiger partial charge in [0.25, 0.3) is 0 Å². The van der Waals surface area contributed by atoms with Crippen LogP contribution in [0.15, 0.2) is 24.3 Å². The Hall–Kier alpha value is -2.00. The summed E-state index contributed by atoms with van der Waals surface area (Å²) in [5.74, 6) is -0.875. The molecule has 0 radical (unpaired) electrons. The maximum Gasteiger partial charge on any atom is 0.238 e. The Morgan fingerprint density at radius 2 is 1.88 bits per heavy atom. The Kier molecular flexibility index (Phi) is 5.89. The van der Waals surface area contributed by atoms with E-state index in [9.17, 15) is 22.4 Å². The molecule has 0 saturated carbocycles. The molecule has 132 valence electrons. The molecule has 1 saturated heterocycles. The van der Waals surface area contributed by atoms with Gasteiger partial charge in [-0.05, 0) is 6.07 Å². The molecule has 9 heteroatoms. The summed E-state index contributed by atoms with van der Waals surface area (Å²) in [5, 5.41) is 0. The van der Waals surface area contributed by atoms with Crippen molar-refractivity contribution in [2.75, 3.05) is 39.0 Å². The van der Waals surface area contributed by atoms with Crippen LogP contribution < -0.4 is 0 Å². The molecule has 1 aliphatic heterocycles. The van der Waals surface area contributed by atoms with E-state index in [-0.39, 0.29) is 24.6 Å². The molecule has 0 bridgehead atoms. The molecule has 2 amide bonds. The predicted octanol–water partition coefficient (Wildman–Crippen LogP) is -0.112. The molecule has 0 aliphatic carbocycles. The summed E-state index contributed by atoms with van der Waals surface area (Å²) in [6.07, 6.45) is 1.72. The number of carbonyl (C=O) groups excluding carboxylic acids is 2. The van der Waals surface area contributed by atoms with Crippen molar-refractivity contribution >= 4 is 22.3 Å². The van der Waals surface area contributed by atoms with E-state index < -0.39 is 15.8 Å². The fourth-order valence-electron chi connectivity index (χ4n) is 2.43. The van der Waals surface area contributed by atoms with Crippen molar-refractivity contribution < 1.29 is 22.4 Å². The largest absolute Gasteiger partial charge is 0.342 e. The van der Waals surface area contributed by atoms with Crippen molar-refractivity contribution in [2.45, 2.75) is 6.54 Å². The van der Waals surface area contributed by atoms with Crippen LogP contribution in [0.5, 0.6) is 0 Å². The first-order valence-electron chi connectivity index (χ1n) is 7.47. The molecule has 24 heavy (non-hydrogen) atoms. The Morgan fingerprint density at radius 3 is 2.42 bits per heavy atom. The third-order valence-electron chi connectivity index (χ3n) is 3.90. The van der Waals surface area contributed by atoms with E-state index in [1.54, 1.807) is 11.0 Å². The first-order chi connectivity index (χ1) is 11.3. The van der Waals surface area contributed by atoms with E-state index >= 15 is 0 Å². The fourth-order valence-corrected chi connectivity index (χ4v) is 3.15. The third-order valence-corrected chi connectivity index (χ3v) is 5.10. The van der Waals surface area contributed by atoms with Crippen molar-refractivity contribution in [1.82, 2.24) is 14.1 Å². The number of hydrogen-bond donors (Lipinski definition) is 0.